The Morgan fingerprint density at radius 3 is 1.76 bits per heavy atom. The molecular formula is C20H31F. The molecule has 0 rings (SSSR count). The van der Waals surface area contributed by atoms with Crippen LogP contribution in [-0.2, 0) is 0 Å². The molecule has 0 nitrogen and oxygen atoms in total. The minimum absolute atomic E-state index is 0.296. The van der Waals surface area contributed by atoms with Gasteiger partial charge in [-0.05, 0) is 61.3 Å². The molecule has 0 saturated carbocycles. The molecule has 0 unspecified atom stereocenters. The molecule has 0 aliphatic rings. The van der Waals surface area contributed by atoms with E-state index in [1.807, 2.05) is 19.9 Å². The smallest absolute Gasteiger partial charge is 0.130 e. The second-order valence-corrected chi connectivity index (χ2v) is 6.53. The van der Waals surface area contributed by atoms with E-state index in [0.29, 0.717) is 23.0 Å². The van der Waals surface area contributed by atoms with Crippen molar-refractivity contribution < 1.29 is 4.39 Å². The summed E-state index contributed by atoms with van der Waals surface area (Å²) in [5.41, 5.74) is 3.09. The quantitative estimate of drug-likeness (QED) is 0.425. The topological polar surface area (TPSA) is 0 Å². The van der Waals surface area contributed by atoms with Gasteiger partial charge in [0.25, 0.3) is 0 Å². The molecule has 118 valence electrons. The van der Waals surface area contributed by atoms with E-state index in [9.17, 15) is 4.39 Å². The number of hydrogen-bond donors (Lipinski definition) is 0. The summed E-state index contributed by atoms with van der Waals surface area (Å²) in [5.74, 6) is 0.864. The van der Waals surface area contributed by atoms with Gasteiger partial charge in [0.1, 0.15) is 5.83 Å². The van der Waals surface area contributed by atoms with Gasteiger partial charge in [-0.1, -0.05) is 53.0 Å². The van der Waals surface area contributed by atoms with Crippen LogP contribution >= 0.6 is 0 Å². The second-order valence-electron chi connectivity index (χ2n) is 6.53. The molecule has 0 heterocycles. The molecule has 0 radical (unpaired) electrons. The fourth-order valence-electron chi connectivity index (χ4n) is 1.62. The van der Waals surface area contributed by atoms with Crippen LogP contribution in [0.2, 0.25) is 0 Å². The summed E-state index contributed by atoms with van der Waals surface area (Å²) in [6.45, 7) is 20.3. The first-order valence-corrected chi connectivity index (χ1v) is 7.74. The van der Waals surface area contributed by atoms with Crippen LogP contribution in [0.5, 0.6) is 0 Å². The van der Waals surface area contributed by atoms with Gasteiger partial charge in [-0.2, -0.15) is 0 Å². The number of halogens is 1. The third kappa shape index (κ3) is 8.49. The molecule has 21 heavy (non-hydrogen) atoms. The number of rotatable bonds is 8. The largest absolute Gasteiger partial charge is 0.206 e. The average molecular weight is 290 g/mol. The first-order valence-electron chi connectivity index (χ1n) is 7.74. The zero-order valence-electron chi connectivity index (χ0n) is 14.6. The van der Waals surface area contributed by atoms with Crippen molar-refractivity contribution >= 4 is 0 Å². The maximum atomic E-state index is 14.2. The summed E-state index contributed by atoms with van der Waals surface area (Å²) in [6.07, 6.45) is 7.56. The van der Waals surface area contributed by atoms with Crippen molar-refractivity contribution in [2.24, 2.45) is 11.8 Å². The van der Waals surface area contributed by atoms with E-state index in [2.05, 4.69) is 46.9 Å². The molecule has 0 fully saturated rings. The van der Waals surface area contributed by atoms with Crippen LogP contribution in [0.1, 0.15) is 54.4 Å². The van der Waals surface area contributed by atoms with E-state index in [-0.39, 0.29) is 5.83 Å². The fourth-order valence-corrected chi connectivity index (χ4v) is 1.62. The summed E-state index contributed by atoms with van der Waals surface area (Å²) < 4.78 is 14.2. The lowest BCUT2D eigenvalue weighted by atomic mass is 10.00. The first-order chi connectivity index (χ1) is 9.65. The maximum Gasteiger partial charge on any atom is 0.130 e. The Labute approximate surface area is 130 Å². The molecule has 0 aliphatic carbocycles. The van der Waals surface area contributed by atoms with Crippen molar-refractivity contribution in [3.8, 4) is 0 Å². The molecule has 0 N–H and O–H groups in total. The second kappa shape index (κ2) is 9.55. The Morgan fingerprint density at radius 2 is 1.33 bits per heavy atom. The molecule has 0 bridgehead atoms. The SMILES string of the molecule is C=C(/C=C(/F)C(=C)/C(C)=C/CC(C)C)/C(C)=C/CC(C)C. The van der Waals surface area contributed by atoms with Gasteiger partial charge in [0, 0.05) is 5.57 Å². The van der Waals surface area contributed by atoms with Crippen LogP contribution in [-0.4, -0.2) is 0 Å². The van der Waals surface area contributed by atoms with Gasteiger partial charge in [0.2, 0.25) is 0 Å². The van der Waals surface area contributed by atoms with Crippen LogP contribution in [0, 0.1) is 11.8 Å². The van der Waals surface area contributed by atoms with Gasteiger partial charge in [0.15, 0.2) is 0 Å². The number of hydrogen-bond acceptors (Lipinski definition) is 0. The highest BCUT2D eigenvalue weighted by Crippen LogP contribution is 2.23. The molecule has 0 aromatic rings. The lowest BCUT2D eigenvalue weighted by molar-refractivity contribution is 0.647. The zero-order valence-corrected chi connectivity index (χ0v) is 14.6. The highest BCUT2D eigenvalue weighted by Gasteiger charge is 2.06. The van der Waals surface area contributed by atoms with Crippen LogP contribution in [0.4, 0.5) is 4.39 Å². The van der Waals surface area contributed by atoms with Gasteiger partial charge in [-0.3, -0.25) is 0 Å². The Balaban J connectivity index is 4.87. The summed E-state index contributed by atoms with van der Waals surface area (Å²) in [4.78, 5) is 0. The van der Waals surface area contributed by atoms with Gasteiger partial charge in [-0.25, -0.2) is 4.39 Å². The maximum absolute atomic E-state index is 14.2. The third-order valence-corrected chi connectivity index (χ3v) is 3.36. The normalized spacial score (nSPS) is 14.0. The van der Waals surface area contributed by atoms with Crippen LogP contribution in [0.15, 0.2) is 59.5 Å². The average Bonchev–Trinajstić information content (AvgIpc) is 2.40. The molecule has 1 heteroatoms. The zero-order chi connectivity index (χ0) is 16.6. The third-order valence-electron chi connectivity index (χ3n) is 3.36. The van der Waals surface area contributed by atoms with E-state index in [4.69, 9.17) is 0 Å². The predicted molar refractivity (Wildman–Crippen MR) is 93.9 cm³/mol. The molecular weight excluding hydrogens is 259 g/mol. The lowest BCUT2D eigenvalue weighted by Crippen LogP contribution is -1.91. The minimum Gasteiger partial charge on any atom is -0.206 e. The van der Waals surface area contributed by atoms with Crippen molar-refractivity contribution in [1.29, 1.82) is 0 Å². The summed E-state index contributed by atoms with van der Waals surface area (Å²) in [5, 5.41) is 0. The summed E-state index contributed by atoms with van der Waals surface area (Å²) in [6, 6.07) is 0. The Hall–Kier alpha value is -1.37. The van der Waals surface area contributed by atoms with Crippen LogP contribution in [0.3, 0.4) is 0 Å². The fraction of sp³-hybridized carbons (Fsp3) is 0.500. The van der Waals surface area contributed by atoms with E-state index in [1.165, 1.54) is 6.08 Å². The standard InChI is InChI=1S/C20H31F/c1-14(2)9-11-16(5)18(7)13-20(21)19(8)17(6)12-10-15(3)4/h11-15H,7-10H2,1-6H3/b16-11+,17-12+,20-13+. The molecule has 0 saturated heterocycles. The van der Waals surface area contributed by atoms with E-state index in [0.717, 1.165) is 24.0 Å². The Morgan fingerprint density at radius 1 is 0.905 bits per heavy atom. The highest BCUT2D eigenvalue weighted by atomic mass is 19.1. The van der Waals surface area contributed by atoms with E-state index in [1.54, 1.807) is 0 Å². The van der Waals surface area contributed by atoms with Gasteiger partial charge in [-0.15, -0.1) is 0 Å². The molecule has 0 aliphatic heterocycles. The van der Waals surface area contributed by atoms with Crippen LogP contribution in [0.25, 0.3) is 0 Å². The summed E-state index contributed by atoms with van der Waals surface area (Å²) in [7, 11) is 0. The minimum atomic E-state index is -0.296. The summed E-state index contributed by atoms with van der Waals surface area (Å²) >= 11 is 0. The van der Waals surface area contributed by atoms with Crippen molar-refractivity contribution in [3.63, 3.8) is 0 Å². The molecule has 0 amide bonds. The van der Waals surface area contributed by atoms with E-state index >= 15 is 0 Å². The Bertz CT molecular complexity index is 456. The first kappa shape index (κ1) is 19.6. The van der Waals surface area contributed by atoms with Crippen LogP contribution < -0.4 is 0 Å². The van der Waals surface area contributed by atoms with Crippen molar-refractivity contribution in [1.82, 2.24) is 0 Å². The lowest BCUT2D eigenvalue weighted by Gasteiger charge is -2.07. The van der Waals surface area contributed by atoms with E-state index < -0.39 is 0 Å². The Kier molecular flexibility index (Phi) is 8.92. The van der Waals surface area contributed by atoms with Gasteiger partial charge < -0.3 is 0 Å². The van der Waals surface area contributed by atoms with Crippen molar-refractivity contribution in [2.45, 2.75) is 54.4 Å². The van der Waals surface area contributed by atoms with Gasteiger partial charge >= 0.3 is 0 Å². The molecule has 0 atom stereocenters. The molecule has 0 aromatic carbocycles. The molecule has 0 aromatic heterocycles. The molecule has 0 spiro atoms. The van der Waals surface area contributed by atoms with Crippen molar-refractivity contribution in [3.05, 3.63) is 59.5 Å². The van der Waals surface area contributed by atoms with Crippen molar-refractivity contribution in [2.75, 3.05) is 0 Å². The predicted octanol–water partition coefficient (Wildman–Crippen LogP) is 6.94. The highest BCUT2D eigenvalue weighted by molar-refractivity contribution is 5.46. The number of allylic oxidation sites excluding steroid dienone is 8. The monoisotopic (exact) mass is 290 g/mol. The van der Waals surface area contributed by atoms with Gasteiger partial charge in [0.05, 0.1) is 0 Å².